The second kappa shape index (κ2) is 18.6. The van der Waals surface area contributed by atoms with Crippen molar-refractivity contribution in [3.63, 3.8) is 0 Å². The molecule has 0 aliphatic heterocycles. The summed E-state index contributed by atoms with van der Waals surface area (Å²) in [6.07, 6.45) is 13.2. The Labute approximate surface area is 327 Å². The van der Waals surface area contributed by atoms with Gasteiger partial charge in [-0.15, -0.1) is 0 Å². The van der Waals surface area contributed by atoms with Crippen LogP contribution in [0.25, 0.3) is 59.8 Å². The van der Waals surface area contributed by atoms with Crippen molar-refractivity contribution < 1.29 is 18.9 Å². The number of rotatable bonds is 21. The standard InChI is InChI=1S/C50H59NO4/c1-5-9-18-26-52-47-32-40-38-30-44-37-24-16-17-25-45(37)51(36-22-14-13-15-23-36)46(44)31-39(38)41-33-48(53-27-19-10-6-2)50(55-29-21-12-8-4)35-43(41)42(40)34-49(47)54-28-20-11-7-3/h13-17,22-25,30-35H,5-12,18-21,26-29H2,1-4H3. The lowest BCUT2D eigenvalue weighted by atomic mass is 9.92. The molecule has 1 aromatic heterocycles. The summed E-state index contributed by atoms with van der Waals surface area (Å²) in [6, 6.07) is 33.3. The van der Waals surface area contributed by atoms with Crippen molar-refractivity contribution in [1.82, 2.24) is 4.57 Å². The molecule has 0 N–H and O–H groups in total. The van der Waals surface area contributed by atoms with Gasteiger partial charge in [0.15, 0.2) is 23.0 Å². The van der Waals surface area contributed by atoms with Gasteiger partial charge in [-0.3, -0.25) is 0 Å². The number of unbranched alkanes of at least 4 members (excludes halogenated alkanes) is 8. The van der Waals surface area contributed by atoms with Gasteiger partial charge in [0.2, 0.25) is 0 Å². The first kappa shape index (κ1) is 38.4. The molecule has 0 aliphatic carbocycles. The molecule has 0 spiro atoms. The highest BCUT2D eigenvalue weighted by Gasteiger charge is 2.21. The number of aromatic nitrogens is 1. The maximum atomic E-state index is 6.60. The quantitative estimate of drug-likeness (QED) is 0.0544. The Morgan fingerprint density at radius 3 is 1.16 bits per heavy atom. The van der Waals surface area contributed by atoms with Crippen LogP contribution in [-0.4, -0.2) is 31.0 Å². The summed E-state index contributed by atoms with van der Waals surface area (Å²) in [5, 5.41) is 9.40. The summed E-state index contributed by atoms with van der Waals surface area (Å²) in [7, 11) is 0. The zero-order chi connectivity index (χ0) is 38.0. The highest BCUT2D eigenvalue weighted by molar-refractivity contribution is 6.29. The van der Waals surface area contributed by atoms with Crippen LogP contribution in [0, 0.1) is 0 Å². The third-order valence-electron chi connectivity index (χ3n) is 10.9. The molecule has 0 unspecified atom stereocenters. The number of hydrogen-bond donors (Lipinski definition) is 0. The lowest BCUT2D eigenvalue weighted by Gasteiger charge is -2.19. The molecular weight excluding hydrogens is 679 g/mol. The Hall–Kier alpha value is -4.90. The van der Waals surface area contributed by atoms with Crippen molar-refractivity contribution in [3.8, 4) is 28.7 Å². The maximum Gasteiger partial charge on any atom is 0.161 e. The van der Waals surface area contributed by atoms with Crippen LogP contribution in [-0.2, 0) is 0 Å². The molecule has 0 aliphatic rings. The van der Waals surface area contributed by atoms with Crippen LogP contribution in [0.4, 0.5) is 0 Å². The molecule has 0 amide bonds. The maximum absolute atomic E-state index is 6.60. The fraction of sp³-hybridized carbons (Fsp3) is 0.400. The van der Waals surface area contributed by atoms with E-state index in [-0.39, 0.29) is 0 Å². The molecule has 7 rings (SSSR count). The fourth-order valence-corrected chi connectivity index (χ4v) is 7.92. The molecule has 0 saturated carbocycles. The minimum atomic E-state index is 0.662. The SMILES string of the molecule is CCCCCOc1cc2c3cc(OCCCCC)c(OCCCCC)cc3c3cc4c(cc3c2cc1OCCCCC)c1ccccc1n4-c1ccccc1. The topological polar surface area (TPSA) is 41.9 Å². The molecule has 0 radical (unpaired) electrons. The normalized spacial score (nSPS) is 11.7. The smallest absolute Gasteiger partial charge is 0.161 e. The average Bonchev–Trinajstić information content (AvgIpc) is 3.54. The number of para-hydroxylation sites is 2. The van der Waals surface area contributed by atoms with E-state index in [1.807, 2.05) is 0 Å². The van der Waals surface area contributed by atoms with Crippen molar-refractivity contribution in [3.05, 3.63) is 91.0 Å². The second-order valence-electron chi connectivity index (χ2n) is 15.0. The molecule has 1 heterocycles. The molecule has 7 aromatic rings. The molecule has 0 atom stereocenters. The lowest BCUT2D eigenvalue weighted by Crippen LogP contribution is -2.04. The van der Waals surface area contributed by atoms with E-state index in [1.54, 1.807) is 0 Å². The minimum absolute atomic E-state index is 0.662. The third kappa shape index (κ3) is 8.37. The van der Waals surface area contributed by atoms with E-state index >= 15 is 0 Å². The molecule has 6 aromatic carbocycles. The van der Waals surface area contributed by atoms with Crippen LogP contribution < -0.4 is 18.9 Å². The van der Waals surface area contributed by atoms with Crippen LogP contribution in [0.2, 0.25) is 0 Å². The van der Waals surface area contributed by atoms with Crippen LogP contribution in [0.3, 0.4) is 0 Å². The Morgan fingerprint density at radius 1 is 0.345 bits per heavy atom. The summed E-state index contributed by atoms with van der Waals surface area (Å²) in [5.41, 5.74) is 3.52. The Bertz CT molecular complexity index is 2340. The summed E-state index contributed by atoms with van der Waals surface area (Å²) >= 11 is 0. The van der Waals surface area contributed by atoms with Crippen molar-refractivity contribution in [1.29, 1.82) is 0 Å². The number of ether oxygens (including phenoxy) is 4. The monoisotopic (exact) mass is 737 g/mol. The van der Waals surface area contributed by atoms with Crippen molar-refractivity contribution >= 4 is 54.1 Å². The zero-order valence-corrected chi connectivity index (χ0v) is 33.6. The highest BCUT2D eigenvalue weighted by Crippen LogP contribution is 2.47. The molecule has 5 heteroatoms. The fourth-order valence-electron chi connectivity index (χ4n) is 7.92. The van der Waals surface area contributed by atoms with E-state index in [2.05, 4.69) is 123 Å². The molecular formula is C50H59NO4. The van der Waals surface area contributed by atoms with Crippen LogP contribution in [0.1, 0.15) is 105 Å². The molecule has 0 saturated heterocycles. The molecule has 0 fully saturated rings. The molecule has 5 nitrogen and oxygen atoms in total. The average molecular weight is 738 g/mol. The number of fused-ring (bicyclic) bond motifs is 9. The highest BCUT2D eigenvalue weighted by atomic mass is 16.5. The van der Waals surface area contributed by atoms with E-state index in [0.717, 1.165) is 127 Å². The van der Waals surface area contributed by atoms with Crippen LogP contribution >= 0.6 is 0 Å². The second-order valence-corrected chi connectivity index (χ2v) is 15.0. The first-order valence-corrected chi connectivity index (χ1v) is 21.2. The van der Waals surface area contributed by atoms with Gasteiger partial charge in [-0.25, -0.2) is 0 Å². The Kier molecular flexibility index (Phi) is 13.0. The van der Waals surface area contributed by atoms with Crippen molar-refractivity contribution in [2.75, 3.05) is 26.4 Å². The molecule has 0 bridgehead atoms. The van der Waals surface area contributed by atoms with E-state index in [0.29, 0.717) is 26.4 Å². The predicted octanol–water partition coefficient (Wildman–Crippen LogP) is 14.5. The zero-order valence-electron chi connectivity index (χ0n) is 33.6. The number of benzene rings is 6. The van der Waals surface area contributed by atoms with Gasteiger partial charge in [-0.2, -0.15) is 0 Å². The van der Waals surface area contributed by atoms with E-state index in [1.165, 1.54) is 32.6 Å². The summed E-state index contributed by atoms with van der Waals surface area (Å²) in [5.74, 6) is 3.26. The first-order chi connectivity index (χ1) is 27.2. The van der Waals surface area contributed by atoms with E-state index in [4.69, 9.17) is 18.9 Å². The summed E-state index contributed by atoms with van der Waals surface area (Å²) in [4.78, 5) is 0. The van der Waals surface area contributed by atoms with Gasteiger partial charge in [-0.1, -0.05) is 115 Å². The largest absolute Gasteiger partial charge is 0.490 e. The summed E-state index contributed by atoms with van der Waals surface area (Å²) < 4.78 is 28.8. The van der Waals surface area contributed by atoms with Gasteiger partial charge in [-0.05, 0) is 113 Å². The number of hydrogen-bond acceptors (Lipinski definition) is 4. The van der Waals surface area contributed by atoms with Crippen LogP contribution in [0.5, 0.6) is 23.0 Å². The molecule has 55 heavy (non-hydrogen) atoms. The number of nitrogens with zero attached hydrogens (tertiary/aromatic N) is 1. The first-order valence-electron chi connectivity index (χ1n) is 21.2. The van der Waals surface area contributed by atoms with Crippen molar-refractivity contribution in [2.45, 2.75) is 105 Å². The van der Waals surface area contributed by atoms with Gasteiger partial charge in [0.25, 0.3) is 0 Å². The lowest BCUT2D eigenvalue weighted by molar-refractivity contribution is 0.260. The minimum Gasteiger partial charge on any atom is -0.490 e. The van der Waals surface area contributed by atoms with E-state index in [9.17, 15) is 0 Å². The van der Waals surface area contributed by atoms with Crippen molar-refractivity contribution in [2.24, 2.45) is 0 Å². The molecule has 288 valence electrons. The van der Waals surface area contributed by atoms with Gasteiger partial charge < -0.3 is 23.5 Å². The third-order valence-corrected chi connectivity index (χ3v) is 10.9. The van der Waals surface area contributed by atoms with Gasteiger partial charge in [0.1, 0.15) is 0 Å². The van der Waals surface area contributed by atoms with Gasteiger partial charge >= 0.3 is 0 Å². The van der Waals surface area contributed by atoms with E-state index < -0.39 is 0 Å². The van der Waals surface area contributed by atoms with Gasteiger partial charge in [0.05, 0.1) is 37.5 Å². The van der Waals surface area contributed by atoms with Gasteiger partial charge in [0, 0.05) is 16.5 Å². The predicted molar refractivity (Wildman–Crippen MR) is 233 cm³/mol. The summed E-state index contributed by atoms with van der Waals surface area (Å²) in [6.45, 7) is 11.6. The Balaban J connectivity index is 1.53. The van der Waals surface area contributed by atoms with Crippen LogP contribution in [0.15, 0.2) is 91.0 Å². The Morgan fingerprint density at radius 2 is 0.727 bits per heavy atom.